The quantitative estimate of drug-likeness (QED) is 0.442. The fourth-order valence-electron chi connectivity index (χ4n) is 1.62. The Labute approximate surface area is 124 Å². The molecular formula is C13H11Cl2NO4. The van der Waals surface area contributed by atoms with Gasteiger partial charge in [0.1, 0.15) is 0 Å². The number of hydrogen-bond acceptors (Lipinski definition) is 5. The fraction of sp³-hybridized carbons (Fsp3) is 0.0769. The second-order valence-electron chi connectivity index (χ2n) is 4.08. The van der Waals surface area contributed by atoms with E-state index in [2.05, 4.69) is 5.32 Å². The highest BCUT2D eigenvalue weighted by Gasteiger charge is 2.11. The van der Waals surface area contributed by atoms with Crippen molar-refractivity contribution in [3.8, 4) is 23.0 Å². The van der Waals surface area contributed by atoms with Crippen molar-refractivity contribution in [2.24, 2.45) is 0 Å². The number of phenols is 4. The van der Waals surface area contributed by atoms with Crippen LogP contribution in [0.15, 0.2) is 24.3 Å². The molecule has 2 aromatic carbocycles. The molecule has 5 N–H and O–H groups in total. The summed E-state index contributed by atoms with van der Waals surface area (Å²) < 4.78 is 0. The van der Waals surface area contributed by atoms with Gasteiger partial charge in [0.05, 0.1) is 10.0 Å². The molecule has 2 rings (SSSR count). The third-order valence-electron chi connectivity index (χ3n) is 2.71. The van der Waals surface area contributed by atoms with Crippen molar-refractivity contribution < 1.29 is 20.4 Å². The molecular weight excluding hydrogens is 305 g/mol. The third kappa shape index (κ3) is 2.79. The lowest BCUT2D eigenvalue weighted by Crippen LogP contribution is -2.00. The van der Waals surface area contributed by atoms with E-state index in [1.54, 1.807) is 0 Å². The van der Waals surface area contributed by atoms with Crippen LogP contribution in [-0.4, -0.2) is 20.4 Å². The molecule has 0 amide bonds. The van der Waals surface area contributed by atoms with Crippen LogP contribution in [0.2, 0.25) is 10.0 Å². The van der Waals surface area contributed by atoms with Crippen molar-refractivity contribution >= 4 is 28.9 Å². The van der Waals surface area contributed by atoms with Crippen molar-refractivity contribution in [2.45, 2.75) is 6.54 Å². The summed E-state index contributed by atoms with van der Waals surface area (Å²) in [5.41, 5.74) is 0.908. The Morgan fingerprint density at radius 3 is 2.05 bits per heavy atom. The molecule has 0 radical (unpaired) electrons. The normalized spacial score (nSPS) is 10.5. The molecule has 20 heavy (non-hydrogen) atoms. The summed E-state index contributed by atoms with van der Waals surface area (Å²) in [6, 6.07) is 5.67. The van der Waals surface area contributed by atoms with Crippen molar-refractivity contribution in [2.75, 3.05) is 5.32 Å². The van der Waals surface area contributed by atoms with Gasteiger partial charge >= 0.3 is 0 Å². The molecule has 0 heterocycles. The zero-order valence-electron chi connectivity index (χ0n) is 10.1. The molecule has 0 atom stereocenters. The Morgan fingerprint density at radius 1 is 0.850 bits per heavy atom. The van der Waals surface area contributed by atoms with Gasteiger partial charge in [-0.3, -0.25) is 0 Å². The highest BCUT2D eigenvalue weighted by atomic mass is 35.5. The lowest BCUT2D eigenvalue weighted by Gasteiger charge is -2.11. The number of benzene rings is 2. The molecule has 0 aliphatic heterocycles. The maximum Gasteiger partial charge on any atom is 0.200 e. The molecule has 0 saturated heterocycles. The average Bonchev–Trinajstić information content (AvgIpc) is 2.41. The molecule has 2 aromatic rings. The molecule has 0 aliphatic rings. The van der Waals surface area contributed by atoms with E-state index in [1.165, 1.54) is 24.3 Å². The highest BCUT2D eigenvalue weighted by Crippen LogP contribution is 2.38. The van der Waals surface area contributed by atoms with E-state index < -0.39 is 17.2 Å². The number of halogens is 2. The van der Waals surface area contributed by atoms with Crippen LogP contribution in [0, 0.1) is 0 Å². The van der Waals surface area contributed by atoms with Gasteiger partial charge in [-0.05, 0) is 24.3 Å². The zero-order chi connectivity index (χ0) is 14.9. The first-order chi connectivity index (χ1) is 9.40. The van der Waals surface area contributed by atoms with E-state index in [0.717, 1.165) is 0 Å². The highest BCUT2D eigenvalue weighted by molar-refractivity contribution is 6.37. The number of nitrogens with one attached hydrogen (secondary N) is 1. The summed E-state index contributed by atoms with van der Waals surface area (Å²) in [5.74, 6) is -1.59. The Bertz CT molecular complexity index is 638. The van der Waals surface area contributed by atoms with Crippen LogP contribution in [-0.2, 0) is 6.54 Å². The van der Waals surface area contributed by atoms with E-state index in [0.29, 0.717) is 11.3 Å². The maximum atomic E-state index is 9.67. The molecule has 0 aliphatic carbocycles. The van der Waals surface area contributed by atoms with E-state index >= 15 is 0 Å². The van der Waals surface area contributed by atoms with Crippen molar-refractivity contribution in [1.29, 1.82) is 0 Å². The summed E-state index contributed by atoms with van der Waals surface area (Å²) in [6.45, 7) is 0.164. The van der Waals surface area contributed by atoms with Crippen LogP contribution in [0.3, 0.4) is 0 Å². The van der Waals surface area contributed by atoms with Crippen molar-refractivity contribution in [3.63, 3.8) is 0 Å². The molecule has 0 bridgehead atoms. The Kier molecular flexibility index (Phi) is 4.01. The number of aromatic hydroxyl groups is 4. The van der Waals surface area contributed by atoms with Gasteiger partial charge in [-0.15, -0.1) is 0 Å². The Hall–Kier alpha value is -1.98. The Morgan fingerprint density at radius 2 is 1.45 bits per heavy atom. The average molecular weight is 316 g/mol. The van der Waals surface area contributed by atoms with Gasteiger partial charge in [-0.1, -0.05) is 23.2 Å². The van der Waals surface area contributed by atoms with E-state index in [4.69, 9.17) is 23.2 Å². The van der Waals surface area contributed by atoms with E-state index in [9.17, 15) is 20.4 Å². The largest absolute Gasteiger partial charge is 0.505 e. The standard InChI is InChI=1S/C13H11Cl2NO4/c14-8-3-7(4-9(15)12(8)19)16-5-6-1-2-10(17)13(20)11(6)18/h1-4,16-20H,5H2. The second kappa shape index (κ2) is 5.56. The van der Waals surface area contributed by atoms with Gasteiger partial charge in [-0.2, -0.15) is 0 Å². The van der Waals surface area contributed by atoms with Gasteiger partial charge < -0.3 is 25.7 Å². The van der Waals surface area contributed by atoms with Gasteiger partial charge in [0.25, 0.3) is 0 Å². The second-order valence-corrected chi connectivity index (χ2v) is 4.90. The van der Waals surface area contributed by atoms with Gasteiger partial charge in [0.2, 0.25) is 5.75 Å². The molecule has 0 spiro atoms. The van der Waals surface area contributed by atoms with Crippen LogP contribution >= 0.6 is 23.2 Å². The lowest BCUT2D eigenvalue weighted by molar-refractivity contribution is 0.365. The number of hydrogen-bond donors (Lipinski definition) is 5. The minimum atomic E-state index is -0.578. The number of rotatable bonds is 3. The number of phenolic OH excluding ortho intramolecular Hbond substituents is 4. The maximum absolute atomic E-state index is 9.67. The first-order valence-electron chi connectivity index (χ1n) is 5.54. The van der Waals surface area contributed by atoms with Crippen LogP contribution in [0.1, 0.15) is 5.56 Å². The predicted molar refractivity (Wildman–Crippen MR) is 76.9 cm³/mol. The molecule has 0 aromatic heterocycles. The smallest absolute Gasteiger partial charge is 0.200 e. The Balaban J connectivity index is 2.19. The molecule has 0 unspecified atom stereocenters. The lowest BCUT2D eigenvalue weighted by atomic mass is 10.1. The van der Waals surface area contributed by atoms with Crippen LogP contribution in [0.25, 0.3) is 0 Å². The fourth-order valence-corrected chi connectivity index (χ4v) is 2.11. The van der Waals surface area contributed by atoms with Crippen molar-refractivity contribution in [3.05, 3.63) is 39.9 Å². The number of anilines is 1. The summed E-state index contributed by atoms with van der Waals surface area (Å²) in [6.07, 6.45) is 0. The predicted octanol–water partition coefficient (Wildman–Crippen LogP) is 3.43. The molecule has 0 saturated carbocycles. The summed E-state index contributed by atoms with van der Waals surface area (Å²) in [7, 11) is 0. The minimum absolute atomic E-state index is 0.0952. The minimum Gasteiger partial charge on any atom is -0.505 e. The summed E-state index contributed by atoms with van der Waals surface area (Å²) >= 11 is 11.6. The van der Waals surface area contributed by atoms with Gasteiger partial charge in [0.15, 0.2) is 17.2 Å². The molecule has 7 heteroatoms. The van der Waals surface area contributed by atoms with Crippen LogP contribution in [0.5, 0.6) is 23.0 Å². The zero-order valence-corrected chi connectivity index (χ0v) is 11.6. The monoisotopic (exact) mass is 315 g/mol. The first-order valence-corrected chi connectivity index (χ1v) is 6.30. The van der Waals surface area contributed by atoms with E-state index in [1.807, 2.05) is 0 Å². The first kappa shape index (κ1) is 14.4. The van der Waals surface area contributed by atoms with Crippen LogP contribution in [0.4, 0.5) is 5.69 Å². The molecule has 0 fully saturated rings. The summed E-state index contributed by atoms with van der Waals surface area (Å²) in [4.78, 5) is 0. The van der Waals surface area contributed by atoms with Crippen molar-refractivity contribution in [1.82, 2.24) is 0 Å². The third-order valence-corrected chi connectivity index (χ3v) is 3.29. The van der Waals surface area contributed by atoms with Gasteiger partial charge in [0, 0.05) is 17.8 Å². The van der Waals surface area contributed by atoms with E-state index in [-0.39, 0.29) is 22.3 Å². The van der Waals surface area contributed by atoms with Crippen LogP contribution < -0.4 is 5.32 Å². The topological polar surface area (TPSA) is 93.0 Å². The molecule has 106 valence electrons. The van der Waals surface area contributed by atoms with Gasteiger partial charge in [-0.25, -0.2) is 0 Å². The molecule has 5 nitrogen and oxygen atoms in total. The summed E-state index contributed by atoms with van der Waals surface area (Å²) in [5, 5.41) is 40.8. The SMILES string of the molecule is Oc1ccc(CNc2cc(Cl)c(O)c(Cl)c2)c(O)c1O.